The third-order valence-corrected chi connectivity index (χ3v) is 4.06. The predicted octanol–water partition coefficient (Wildman–Crippen LogP) is 2.93. The summed E-state index contributed by atoms with van der Waals surface area (Å²) < 4.78 is 5.40. The van der Waals surface area contributed by atoms with Crippen LogP contribution < -0.4 is 4.90 Å². The smallest absolute Gasteiger partial charge is 0.410 e. The van der Waals surface area contributed by atoms with Crippen LogP contribution >= 0.6 is 0 Å². The van der Waals surface area contributed by atoms with Crippen LogP contribution in [0.1, 0.15) is 39.2 Å². The molecule has 0 bridgehead atoms. The zero-order valence-corrected chi connectivity index (χ0v) is 14.8. The summed E-state index contributed by atoms with van der Waals surface area (Å²) in [5.74, 6) is -1.34. The third-order valence-electron chi connectivity index (χ3n) is 4.06. The quantitative estimate of drug-likeness (QED) is 0.920. The second-order valence-corrected chi connectivity index (χ2v) is 7.11. The van der Waals surface area contributed by atoms with E-state index < -0.39 is 17.5 Å². The number of ether oxygens (including phenoxy) is 1. The summed E-state index contributed by atoms with van der Waals surface area (Å²) in [6, 6.07) is 7.60. The zero-order valence-electron chi connectivity index (χ0n) is 14.8. The Morgan fingerprint density at radius 2 is 1.62 bits per heavy atom. The standard InChI is InChI=1S/C18H26N2O4/c1-13(16(21)22)14-5-7-15(8-6-14)19-9-11-20(12-10-19)17(23)24-18(2,3)4/h5-8,13H,9-12H2,1-4H3,(H,21,22). The Bertz CT molecular complexity index is 584. The lowest BCUT2D eigenvalue weighted by molar-refractivity contribution is -0.138. The highest BCUT2D eigenvalue weighted by Gasteiger charge is 2.26. The van der Waals surface area contributed by atoms with Crippen LogP contribution in [0.4, 0.5) is 10.5 Å². The lowest BCUT2D eigenvalue weighted by atomic mass is 10.0. The molecule has 1 aliphatic rings. The Morgan fingerprint density at radius 1 is 1.08 bits per heavy atom. The van der Waals surface area contributed by atoms with Crippen molar-refractivity contribution in [1.29, 1.82) is 0 Å². The van der Waals surface area contributed by atoms with Gasteiger partial charge in [0.2, 0.25) is 0 Å². The van der Waals surface area contributed by atoms with Crippen molar-refractivity contribution in [2.75, 3.05) is 31.1 Å². The number of carbonyl (C=O) groups is 2. The summed E-state index contributed by atoms with van der Waals surface area (Å²) in [7, 11) is 0. The van der Waals surface area contributed by atoms with Crippen LogP contribution in [0.5, 0.6) is 0 Å². The Hall–Kier alpha value is -2.24. The van der Waals surface area contributed by atoms with Gasteiger partial charge in [-0.3, -0.25) is 4.79 Å². The van der Waals surface area contributed by atoms with Crippen molar-refractivity contribution in [2.45, 2.75) is 39.2 Å². The van der Waals surface area contributed by atoms with Gasteiger partial charge in [-0.05, 0) is 45.4 Å². The SMILES string of the molecule is CC(C(=O)O)c1ccc(N2CCN(C(=O)OC(C)(C)C)CC2)cc1. The Labute approximate surface area is 143 Å². The van der Waals surface area contributed by atoms with E-state index >= 15 is 0 Å². The fourth-order valence-corrected chi connectivity index (χ4v) is 2.59. The molecule has 24 heavy (non-hydrogen) atoms. The maximum atomic E-state index is 12.1. The number of amides is 1. The van der Waals surface area contributed by atoms with E-state index in [-0.39, 0.29) is 6.09 Å². The molecule has 1 unspecified atom stereocenters. The van der Waals surface area contributed by atoms with Crippen LogP contribution in [0.3, 0.4) is 0 Å². The third kappa shape index (κ3) is 4.63. The number of piperazine rings is 1. The van der Waals surface area contributed by atoms with Gasteiger partial charge in [-0.1, -0.05) is 12.1 Å². The molecule has 1 saturated heterocycles. The minimum Gasteiger partial charge on any atom is -0.481 e. The molecule has 0 aromatic heterocycles. The molecule has 0 radical (unpaired) electrons. The number of carboxylic acid groups (broad SMARTS) is 1. The second-order valence-electron chi connectivity index (χ2n) is 7.11. The van der Waals surface area contributed by atoms with Gasteiger partial charge in [0.1, 0.15) is 5.60 Å². The first-order valence-corrected chi connectivity index (χ1v) is 8.23. The lowest BCUT2D eigenvalue weighted by Crippen LogP contribution is -2.50. The summed E-state index contributed by atoms with van der Waals surface area (Å²) in [4.78, 5) is 27.0. The van der Waals surface area contributed by atoms with Crippen LogP contribution in [-0.2, 0) is 9.53 Å². The molecular formula is C18H26N2O4. The molecule has 1 heterocycles. The van der Waals surface area contributed by atoms with E-state index in [1.54, 1.807) is 11.8 Å². The number of hydrogen-bond donors (Lipinski definition) is 1. The largest absolute Gasteiger partial charge is 0.481 e. The molecule has 1 N–H and O–H groups in total. The van der Waals surface area contributed by atoms with E-state index in [1.165, 1.54) is 0 Å². The normalized spacial score (nSPS) is 16.7. The first-order chi connectivity index (χ1) is 11.2. The maximum absolute atomic E-state index is 12.1. The van der Waals surface area contributed by atoms with Gasteiger partial charge in [0.25, 0.3) is 0 Å². The predicted molar refractivity (Wildman–Crippen MR) is 92.5 cm³/mol. The molecule has 1 aromatic carbocycles. The van der Waals surface area contributed by atoms with Gasteiger partial charge in [0.15, 0.2) is 0 Å². The van der Waals surface area contributed by atoms with Crippen molar-refractivity contribution in [2.24, 2.45) is 0 Å². The average molecular weight is 334 g/mol. The second kappa shape index (κ2) is 7.11. The van der Waals surface area contributed by atoms with Crippen LogP contribution in [-0.4, -0.2) is 53.8 Å². The van der Waals surface area contributed by atoms with Gasteiger partial charge in [-0.2, -0.15) is 0 Å². The van der Waals surface area contributed by atoms with Crippen molar-refractivity contribution >= 4 is 17.7 Å². The molecule has 1 atom stereocenters. The number of rotatable bonds is 3. The maximum Gasteiger partial charge on any atom is 0.410 e. The number of aliphatic carboxylic acids is 1. The number of anilines is 1. The van der Waals surface area contributed by atoms with Crippen molar-refractivity contribution in [3.8, 4) is 0 Å². The molecule has 0 aliphatic carbocycles. The molecule has 2 rings (SSSR count). The molecule has 1 amide bonds. The highest BCUT2D eigenvalue weighted by molar-refractivity contribution is 5.75. The molecule has 1 aromatic rings. The molecule has 1 fully saturated rings. The van der Waals surface area contributed by atoms with Crippen LogP contribution in [0.25, 0.3) is 0 Å². The summed E-state index contributed by atoms with van der Waals surface area (Å²) in [6.45, 7) is 9.95. The Balaban J connectivity index is 1.92. The highest BCUT2D eigenvalue weighted by atomic mass is 16.6. The van der Waals surface area contributed by atoms with E-state index in [2.05, 4.69) is 4.90 Å². The lowest BCUT2D eigenvalue weighted by Gasteiger charge is -2.36. The van der Waals surface area contributed by atoms with E-state index in [9.17, 15) is 9.59 Å². The van der Waals surface area contributed by atoms with E-state index in [0.29, 0.717) is 13.1 Å². The zero-order chi connectivity index (χ0) is 17.9. The topological polar surface area (TPSA) is 70.1 Å². The van der Waals surface area contributed by atoms with Crippen LogP contribution in [0.2, 0.25) is 0 Å². The molecule has 6 nitrogen and oxygen atoms in total. The first-order valence-electron chi connectivity index (χ1n) is 8.23. The molecule has 0 saturated carbocycles. The van der Waals surface area contributed by atoms with Gasteiger partial charge in [0, 0.05) is 31.9 Å². The van der Waals surface area contributed by atoms with Crippen LogP contribution in [0.15, 0.2) is 24.3 Å². The molecule has 132 valence electrons. The number of hydrogen-bond acceptors (Lipinski definition) is 4. The van der Waals surface area contributed by atoms with Gasteiger partial charge in [-0.25, -0.2) is 4.79 Å². The Kier molecular flexibility index (Phi) is 5.36. The number of carbonyl (C=O) groups excluding carboxylic acids is 1. The molecule has 1 aliphatic heterocycles. The molecule has 6 heteroatoms. The van der Waals surface area contributed by atoms with Crippen molar-refractivity contribution in [3.05, 3.63) is 29.8 Å². The summed E-state index contributed by atoms with van der Waals surface area (Å²) in [5.41, 5.74) is 1.35. The van der Waals surface area contributed by atoms with Gasteiger partial charge >= 0.3 is 12.1 Å². The fraction of sp³-hybridized carbons (Fsp3) is 0.556. The van der Waals surface area contributed by atoms with Crippen molar-refractivity contribution in [1.82, 2.24) is 4.90 Å². The minimum absolute atomic E-state index is 0.271. The number of carboxylic acids is 1. The highest BCUT2D eigenvalue weighted by Crippen LogP contribution is 2.22. The van der Waals surface area contributed by atoms with Gasteiger partial charge in [-0.15, -0.1) is 0 Å². The minimum atomic E-state index is -0.825. The molecule has 0 spiro atoms. The first kappa shape index (κ1) is 18.1. The monoisotopic (exact) mass is 334 g/mol. The summed E-state index contributed by atoms with van der Waals surface area (Å²) in [5, 5.41) is 9.06. The van der Waals surface area contributed by atoms with Gasteiger partial charge in [0.05, 0.1) is 5.92 Å². The summed E-state index contributed by atoms with van der Waals surface area (Å²) >= 11 is 0. The van der Waals surface area contributed by atoms with E-state index in [4.69, 9.17) is 9.84 Å². The number of benzene rings is 1. The fourth-order valence-electron chi connectivity index (χ4n) is 2.59. The Morgan fingerprint density at radius 3 is 2.08 bits per heavy atom. The number of nitrogens with zero attached hydrogens (tertiary/aromatic N) is 2. The van der Waals surface area contributed by atoms with E-state index in [0.717, 1.165) is 24.3 Å². The van der Waals surface area contributed by atoms with Crippen LogP contribution in [0, 0.1) is 0 Å². The van der Waals surface area contributed by atoms with Gasteiger partial charge < -0.3 is 19.6 Å². The summed E-state index contributed by atoms with van der Waals surface area (Å²) in [6.07, 6.45) is -0.271. The average Bonchev–Trinajstić information content (AvgIpc) is 2.53. The van der Waals surface area contributed by atoms with Crippen molar-refractivity contribution < 1.29 is 19.4 Å². The van der Waals surface area contributed by atoms with Crippen molar-refractivity contribution in [3.63, 3.8) is 0 Å². The van der Waals surface area contributed by atoms with E-state index in [1.807, 2.05) is 45.0 Å². The molecular weight excluding hydrogens is 308 g/mol.